The fraction of sp³-hybridized carbons (Fsp3) is 0.429. The second-order valence-corrected chi connectivity index (χ2v) is 11.9. The second kappa shape index (κ2) is 15.6. The highest BCUT2D eigenvalue weighted by atomic mass is 16.6. The van der Waals surface area contributed by atoms with Gasteiger partial charge in [0.15, 0.2) is 6.61 Å². The van der Waals surface area contributed by atoms with Crippen LogP contribution in [0.2, 0.25) is 0 Å². The van der Waals surface area contributed by atoms with Gasteiger partial charge in [0.2, 0.25) is 5.91 Å². The van der Waals surface area contributed by atoms with E-state index >= 15 is 0 Å². The second-order valence-electron chi connectivity index (χ2n) is 11.9. The maximum atomic E-state index is 13.6. The molecule has 0 radical (unpaired) electrons. The number of aliphatic carboxylic acids is 1. The molecule has 2 saturated heterocycles. The third-order valence-corrected chi connectivity index (χ3v) is 8.63. The molecule has 0 bridgehead atoms. The molecule has 1 aromatic heterocycles. The fourth-order valence-electron chi connectivity index (χ4n) is 6.19. The highest BCUT2D eigenvalue weighted by molar-refractivity contribution is 5.99. The number of carboxylic acid groups (broad SMARTS) is 1. The zero-order valence-corrected chi connectivity index (χ0v) is 27.2. The number of carbonyl (C=O) groups excluding carboxylic acids is 4. The Labute approximate surface area is 278 Å². The predicted molar refractivity (Wildman–Crippen MR) is 175 cm³/mol. The number of hydrogen-bond acceptors (Lipinski definition) is 8. The number of carboxylic acids is 1. The van der Waals surface area contributed by atoms with E-state index in [1.165, 1.54) is 15.9 Å². The van der Waals surface area contributed by atoms with Gasteiger partial charge in [-0.3, -0.25) is 19.2 Å². The third-order valence-electron chi connectivity index (χ3n) is 8.63. The minimum Gasteiger partial charge on any atom is -0.483 e. The maximum Gasteiger partial charge on any atom is 0.409 e. The standard InChI is InChI=1S/C35H41N5O8/c1-3-47-35(46)39-18-16-38(17-19-39)34(45)27(13-14-32(42)43)37-33(44)28-21-30(25-10-4-5-11-26(25)36-28)48-22-31(41)40-15-7-12-29(40)24-9-6-8-23(2)20-24/h4-6,8-11,20-21,27,29H,3,7,12-19,22H2,1-2H3,(H,37,44)(H,42,43)/t27-,29?/m0/s1. The fourth-order valence-corrected chi connectivity index (χ4v) is 6.19. The Morgan fingerprint density at radius 1 is 0.979 bits per heavy atom. The van der Waals surface area contributed by atoms with Crippen molar-refractivity contribution in [2.24, 2.45) is 0 Å². The van der Waals surface area contributed by atoms with Crippen molar-refractivity contribution in [3.63, 3.8) is 0 Å². The van der Waals surface area contributed by atoms with E-state index in [1.807, 2.05) is 30.0 Å². The summed E-state index contributed by atoms with van der Waals surface area (Å²) in [6, 6.07) is 15.4. The third kappa shape index (κ3) is 8.20. The molecule has 1 unspecified atom stereocenters. The van der Waals surface area contributed by atoms with Crippen LogP contribution >= 0.6 is 0 Å². The molecule has 2 aliphatic heterocycles. The number of aryl methyl sites for hydroxylation is 1. The van der Waals surface area contributed by atoms with Crippen LogP contribution in [0.1, 0.15) is 60.3 Å². The van der Waals surface area contributed by atoms with Crippen molar-refractivity contribution >= 4 is 40.7 Å². The summed E-state index contributed by atoms with van der Waals surface area (Å²) in [6.07, 6.45) is 0.799. The first kappa shape index (κ1) is 34.1. The SMILES string of the molecule is CCOC(=O)N1CCN(C(=O)[C@H](CCC(=O)O)NC(=O)c2cc(OCC(=O)N3CCCC3c3cccc(C)c3)c3ccccc3n2)CC1. The molecule has 3 heterocycles. The molecule has 2 aromatic carbocycles. The Morgan fingerprint density at radius 3 is 2.46 bits per heavy atom. The molecular weight excluding hydrogens is 618 g/mol. The molecule has 13 heteroatoms. The first-order valence-electron chi connectivity index (χ1n) is 16.3. The number of fused-ring (bicyclic) bond motifs is 1. The molecule has 0 saturated carbocycles. The van der Waals surface area contributed by atoms with Crippen LogP contribution in [-0.4, -0.2) is 107 Å². The van der Waals surface area contributed by atoms with E-state index in [0.717, 1.165) is 24.0 Å². The predicted octanol–water partition coefficient (Wildman–Crippen LogP) is 3.55. The number of likely N-dealkylation sites (tertiary alicyclic amines) is 1. The molecule has 254 valence electrons. The van der Waals surface area contributed by atoms with Gasteiger partial charge in [-0.1, -0.05) is 42.0 Å². The molecule has 2 aliphatic rings. The summed E-state index contributed by atoms with van der Waals surface area (Å²) in [5.74, 6) is -2.14. The van der Waals surface area contributed by atoms with Gasteiger partial charge in [-0.2, -0.15) is 0 Å². The summed E-state index contributed by atoms with van der Waals surface area (Å²) in [5, 5.41) is 12.6. The van der Waals surface area contributed by atoms with E-state index in [4.69, 9.17) is 9.47 Å². The number of amides is 4. The zero-order chi connectivity index (χ0) is 34.2. The lowest BCUT2D eigenvalue weighted by atomic mass is 10.0. The minimum absolute atomic E-state index is 0.0371. The summed E-state index contributed by atoms with van der Waals surface area (Å²) < 4.78 is 11.1. The number of nitrogens with one attached hydrogen (secondary N) is 1. The van der Waals surface area contributed by atoms with Crippen molar-refractivity contribution in [3.05, 3.63) is 71.4 Å². The van der Waals surface area contributed by atoms with Gasteiger partial charge in [-0.05, 0) is 50.8 Å². The van der Waals surface area contributed by atoms with Crippen LogP contribution in [-0.2, 0) is 19.1 Å². The number of ether oxygens (including phenoxy) is 2. The first-order chi connectivity index (χ1) is 23.1. The van der Waals surface area contributed by atoms with E-state index < -0.39 is 29.9 Å². The lowest BCUT2D eigenvalue weighted by Crippen LogP contribution is -2.56. The number of rotatable bonds is 11. The topological polar surface area (TPSA) is 159 Å². The average Bonchev–Trinajstić information content (AvgIpc) is 3.59. The van der Waals surface area contributed by atoms with E-state index in [-0.39, 0.29) is 75.6 Å². The first-order valence-corrected chi connectivity index (χ1v) is 16.3. The number of piperazine rings is 1. The lowest BCUT2D eigenvalue weighted by Gasteiger charge is -2.35. The van der Waals surface area contributed by atoms with E-state index in [1.54, 1.807) is 31.2 Å². The number of aromatic nitrogens is 1. The highest BCUT2D eigenvalue weighted by Crippen LogP contribution is 2.33. The Balaban J connectivity index is 1.30. The molecule has 2 atom stereocenters. The lowest BCUT2D eigenvalue weighted by molar-refractivity contribution is -0.138. The van der Waals surface area contributed by atoms with Crippen molar-refractivity contribution in [1.82, 2.24) is 25.0 Å². The van der Waals surface area contributed by atoms with E-state index in [0.29, 0.717) is 17.4 Å². The van der Waals surface area contributed by atoms with Gasteiger partial charge in [0.1, 0.15) is 17.5 Å². The summed E-state index contributed by atoms with van der Waals surface area (Å²) >= 11 is 0. The molecule has 2 fully saturated rings. The Morgan fingerprint density at radius 2 is 1.73 bits per heavy atom. The van der Waals surface area contributed by atoms with Gasteiger partial charge in [0.25, 0.3) is 11.8 Å². The summed E-state index contributed by atoms with van der Waals surface area (Å²) in [6.45, 7) is 5.26. The van der Waals surface area contributed by atoms with Gasteiger partial charge in [-0.15, -0.1) is 0 Å². The van der Waals surface area contributed by atoms with Crippen LogP contribution in [0.4, 0.5) is 4.79 Å². The summed E-state index contributed by atoms with van der Waals surface area (Å²) in [7, 11) is 0. The quantitative estimate of drug-likeness (QED) is 0.314. The van der Waals surface area contributed by atoms with Crippen molar-refractivity contribution < 1.29 is 38.6 Å². The number of para-hydroxylation sites is 1. The van der Waals surface area contributed by atoms with Gasteiger partial charge in [-0.25, -0.2) is 9.78 Å². The van der Waals surface area contributed by atoms with Crippen molar-refractivity contribution in [2.45, 2.75) is 51.6 Å². The summed E-state index contributed by atoms with van der Waals surface area (Å²) in [5.41, 5.74) is 2.62. The van der Waals surface area contributed by atoms with Crippen LogP contribution < -0.4 is 10.1 Å². The molecule has 13 nitrogen and oxygen atoms in total. The average molecular weight is 660 g/mol. The Kier molecular flexibility index (Phi) is 11.1. The number of carbonyl (C=O) groups is 5. The zero-order valence-electron chi connectivity index (χ0n) is 27.2. The number of hydrogen-bond donors (Lipinski definition) is 2. The number of benzene rings is 2. The van der Waals surface area contributed by atoms with E-state index in [9.17, 15) is 29.1 Å². The van der Waals surface area contributed by atoms with Gasteiger partial charge >= 0.3 is 12.1 Å². The smallest absolute Gasteiger partial charge is 0.409 e. The van der Waals surface area contributed by atoms with Crippen LogP contribution in [0.5, 0.6) is 5.75 Å². The largest absolute Gasteiger partial charge is 0.483 e. The van der Waals surface area contributed by atoms with Gasteiger partial charge < -0.3 is 34.6 Å². The van der Waals surface area contributed by atoms with Crippen molar-refractivity contribution in [2.75, 3.05) is 45.9 Å². The van der Waals surface area contributed by atoms with Crippen molar-refractivity contribution in [3.8, 4) is 5.75 Å². The Hall–Kier alpha value is -5.20. The monoisotopic (exact) mass is 659 g/mol. The summed E-state index contributed by atoms with van der Waals surface area (Å²) in [4.78, 5) is 73.3. The van der Waals surface area contributed by atoms with Crippen LogP contribution in [0.3, 0.4) is 0 Å². The Bertz CT molecular complexity index is 1670. The molecule has 4 amide bonds. The van der Waals surface area contributed by atoms with Gasteiger partial charge in [0, 0.05) is 50.6 Å². The number of nitrogens with zero attached hydrogens (tertiary/aromatic N) is 4. The van der Waals surface area contributed by atoms with E-state index in [2.05, 4.69) is 16.4 Å². The number of pyridine rings is 1. The van der Waals surface area contributed by atoms with Crippen LogP contribution in [0.15, 0.2) is 54.6 Å². The van der Waals surface area contributed by atoms with Crippen LogP contribution in [0.25, 0.3) is 10.9 Å². The van der Waals surface area contributed by atoms with Crippen molar-refractivity contribution in [1.29, 1.82) is 0 Å². The maximum absolute atomic E-state index is 13.6. The molecule has 0 aliphatic carbocycles. The normalized spacial score (nSPS) is 16.8. The molecule has 5 rings (SSSR count). The molecular formula is C35H41N5O8. The highest BCUT2D eigenvalue weighted by Gasteiger charge is 2.32. The molecule has 2 N–H and O–H groups in total. The van der Waals surface area contributed by atoms with Gasteiger partial charge in [0.05, 0.1) is 18.2 Å². The van der Waals surface area contributed by atoms with Crippen LogP contribution in [0, 0.1) is 6.92 Å². The molecule has 3 aromatic rings. The molecule has 48 heavy (non-hydrogen) atoms. The minimum atomic E-state index is -1.14. The molecule has 0 spiro atoms.